The van der Waals surface area contributed by atoms with E-state index in [-0.39, 0.29) is 19.4 Å². The number of para-hydroxylation sites is 2. The minimum absolute atomic E-state index is 0.0366. The van der Waals surface area contributed by atoms with Gasteiger partial charge in [0.05, 0.1) is 23.3 Å². The molecule has 4 rings (SSSR count). The predicted octanol–water partition coefficient (Wildman–Crippen LogP) is 5.68. The van der Waals surface area contributed by atoms with Crippen LogP contribution in [0.15, 0.2) is 66.7 Å². The van der Waals surface area contributed by atoms with Gasteiger partial charge in [-0.2, -0.15) is 0 Å². The zero-order chi connectivity index (χ0) is 25.5. The summed E-state index contributed by atoms with van der Waals surface area (Å²) in [4.78, 5) is 28.6. The minimum Gasteiger partial charge on any atom is -0.493 e. The van der Waals surface area contributed by atoms with E-state index in [4.69, 9.17) is 19.9 Å². The number of fused-ring (bicyclic) bond motifs is 2. The van der Waals surface area contributed by atoms with Crippen LogP contribution in [0.5, 0.6) is 5.75 Å². The molecule has 3 N–H and O–H groups in total. The highest BCUT2D eigenvalue weighted by Gasteiger charge is 2.12. The molecule has 8 heteroatoms. The third-order valence-electron chi connectivity index (χ3n) is 5.88. The molecule has 3 aromatic carbocycles. The number of nitrogens with one attached hydrogen (secondary N) is 1. The molecule has 36 heavy (non-hydrogen) atoms. The molecule has 0 aliphatic heterocycles. The monoisotopic (exact) mass is 487 g/mol. The van der Waals surface area contributed by atoms with E-state index < -0.39 is 11.9 Å². The number of pyridine rings is 1. The highest BCUT2D eigenvalue weighted by molar-refractivity contribution is 6.08. The molecule has 0 fully saturated rings. The summed E-state index contributed by atoms with van der Waals surface area (Å²) >= 11 is 0. The van der Waals surface area contributed by atoms with Crippen molar-refractivity contribution < 1.29 is 24.5 Å². The van der Waals surface area contributed by atoms with Gasteiger partial charge in [0.25, 0.3) is 0 Å². The fourth-order valence-corrected chi connectivity index (χ4v) is 4.09. The van der Waals surface area contributed by atoms with Gasteiger partial charge in [0.15, 0.2) is 0 Å². The van der Waals surface area contributed by atoms with Gasteiger partial charge in [0.1, 0.15) is 5.75 Å². The van der Waals surface area contributed by atoms with Crippen LogP contribution in [0.3, 0.4) is 0 Å². The maximum absolute atomic E-state index is 10.9. The van der Waals surface area contributed by atoms with Gasteiger partial charge in [-0.1, -0.05) is 36.4 Å². The number of aliphatic carboxylic acids is 2. The van der Waals surface area contributed by atoms with Crippen molar-refractivity contribution in [3.8, 4) is 5.75 Å². The first-order valence-electron chi connectivity index (χ1n) is 11.9. The van der Waals surface area contributed by atoms with Crippen LogP contribution in [0.2, 0.25) is 0 Å². The van der Waals surface area contributed by atoms with Gasteiger partial charge in [0.2, 0.25) is 0 Å². The van der Waals surface area contributed by atoms with E-state index in [2.05, 4.69) is 5.32 Å². The normalized spacial score (nSPS) is 10.9. The Kier molecular flexibility index (Phi) is 7.85. The van der Waals surface area contributed by atoms with Crippen molar-refractivity contribution in [3.63, 3.8) is 0 Å². The Morgan fingerprint density at radius 2 is 1.50 bits per heavy atom. The molecular weight excluding hydrogens is 458 g/mol. The number of nitrogens with zero attached hydrogens (tertiary/aromatic N) is 2. The summed E-state index contributed by atoms with van der Waals surface area (Å²) < 4.78 is 5.91. The zero-order valence-corrected chi connectivity index (χ0v) is 20.1. The predicted molar refractivity (Wildman–Crippen MR) is 141 cm³/mol. The van der Waals surface area contributed by atoms with Gasteiger partial charge < -0.3 is 25.2 Å². The molecule has 186 valence electrons. The minimum atomic E-state index is -0.857. The first-order valence-corrected chi connectivity index (χ1v) is 11.9. The number of rotatable bonds is 12. The highest BCUT2D eigenvalue weighted by Crippen LogP contribution is 2.35. The molecule has 4 aromatic rings. The smallest absolute Gasteiger partial charge is 0.303 e. The number of benzene rings is 3. The zero-order valence-electron chi connectivity index (χ0n) is 20.1. The maximum Gasteiger partial charge on any atom is 0.303 e. The molecule has 0 aliphatic carbocycles. The molecule has 1 aromatic heterocycles. The lowest BCUT2D eigenvalue weighted by atomic mass is 10.1. The van der Waals surface area contributed by atoms with Crippen molar-refractivity contribution in [3.05, 3.63) is 66.7 Å². The van der Waals surface area contributed by atoms with Crippen molar-refractivity contribution in [2.75, 3.05) is 30.4 Å². The average molecular weight is 488 g/mol. The molecule has 0 unspecified atom stereocenters. The molecule has 0 bridgehead atoms. The van der Waals surface area contributed by atoms with Crippen LogP contribution in [-0.4, -0.2) is 47.3 Å². The molecule has 0 radical (unpaired) electrons. The van der Waals surface area contributed by atoms with Gasteiger partial charge in [0, 0.05) is 60.7 Å². The molecule has 0 atom stereocenters. The Bertz CT molecular complexity index is 1330. The molecule has 0 saturated carbocycles. The van der Waals surface area contributed by atoms with Crippen LogP contribution in [0.1, 0.15) is 25.7 Å². The van der Waals surface area contributed by atoms with Crippen LogP contribution < -0.4 is 15.0 Å². The second kappa shape index (κ2) is 11.4. The third kappa shape index (κ3) is 6.21. The molecule has 8 nitrogen and oxygen atoms in total. The topological polar surface area (TPSA) is 112 Å². The lowest BCUT2D eigenvalue weighted by molar-refractivity contribution is -0.138. The van der Waals surface area contributed by atoms with E-state index in [0.29, 0.717) is 25.1 Å². The first kappa shape index (κ1) is 24.8. The van der Waals surface area contributed by atoms with E-state index in [1.165, 1.54) is 0 Å². The van der Waals surface area contributed by atoms with E-state index in [1.54, 1.807) is 0 Å². The number of hydrogen-bond acceptors (Lipinski definition) is 6. The first-order chi connectivity index (χ1) is 17.4. The summed E-state index contributed by atoms with van der Waals surface area (Å²) in [6.07, 6.45) is 1.04. The van der Waals surface area contributed by atoms with E-state index in [0.717, 1.165) is 38.9 Å². The van der Waals surface area contributed by atoms with Crippen LogP contribution >= 0.6 is 0 Å². The Labute approximate surface area is 209 Å². The summed E-state index contributed by atoms with van der Waals surface area (Å²) in [5, 5.41) is 23.4. The van der Waals surface area contributed by atoms with Gasteiger partial charge in [-0.25, -0.2) is 4.98 Å². The third-order valence-corrected chi connectivity index (χ3v) is 5.88. The van der Waals surface area contributed by atoms with Crippen LogP contribution in [-0.2, 0) is 9.59 Å². The summed E-state index contributed by atoms with van der Waals surface area (Å²) in [6, 6.07) is 21.7. The van der Waals surface area contributed by atoms with Gasteiger partial charge in [-0.3, -0.25) is 9.59 Å². The van der Waals surface area contributed by atoms with Crippen LogP contribution in [0, 0.1) is 0 Å². The molecule has 0 saturated heterocycles. The lowest BCUT2D eigenvalue weighted by Crippen LogP contribution is -2.19. The quantitative estimate of drug-likeness (QED) is 0.173. The van der Waals surface area contributed by atoms with E-state index in [1.807, 2.05) is 78.7 Å². The molecule has 0 amide bonds. The van der Waals surface area contributed by atoms with Crippen molar-refractivity contribution in [2.24, 2.45) is 0 Å². The highest BCUT2D eigenvalue weighted by atomic mass is 16.5. The number of hydrogen-bond donors (Lipinski definition) is 3. The number of aromatic nitrogens is 1. The number of carboxylic acids is 2. The SMILES string of the molecule is CN(CCCC(=O)O)c1cc(Nc2c3ccccc3nc3ccccc23)cc(OCCCC(=O)O)c1. The fourth-order valence-electron chi connectivity index (χ4n) is 4.09. The molecule has 1 heterocycles. The summed E-state index contributed by atoms with van der Waals surface area (Å²) in [5.41, 5.74) is 4.35. The number of carbonyl (C=O) groups is 2. The molecular formula is C28H29N3O5. The number of carboxylic acid groups (broad SMARTS) is 2. The lowest BCUT2D eigenvalue weighted by Gasteiger charge is -2.22. The Morgan fingerprint density at radius 1 is 0.889 bits per heavy atom. The Morgan fingerprint density at radius 3 is 2.14 bits per heavy atom. The van der Waals surface area contributed by atoms with Gasteiger partial charge in [-0.05, 0) is 31.0 Å². The van der Waals surface area contributed by atoms with Gasteiger partial charge >= 0.3 is 11.9 Å². The number of anilines is 3. The summed E-state index contributed by atoms with van der Waals surface area (Å²) in [5.74, 6) is -1.07. The second-order valence-electron chi connectivity index (χ2n) is 8.63. The summed E-state index contributed by atoms with van der Waals surface area (Å²) in [6.45, 7) is 0.842. The van der Waals surface area contributed by atoms with Crippen molar-refractivity contribution in [2.45, 2.75) is 25.7 Å². The average Bonchev–Trinajstić information content (AvgIpc) is 2.86. The maximum atomic E-state index is 10.9. The Hall–Kier alpha value is -4.33. The standard InChI is InChI=1S/C28H29N3O5/c1-31(14-6-12-26(32)33)20-16-19(17-21(18-20)36-15-7-13-27(34)35)29-28-22-8-2-4-10-24(22)30-25-11-5-3-9-23(25)28/h2-5,8-11,16-18H,6-7,12-15H2,1H3,(H,29,30)(H,32,33)(H,34,35). The van der Waals surface area contributed by atoms with E-state index in [9.17, 15) is 9.59 Å². The second-order valence-corrected chi connectivity index (χ2v) is 8.63. The number of ether oxygens (including phenoxy) is 1. The fraction of sp³-hybridized carbons (Fsp3) is 0.250. The van der Waals surface area contributed by atoms with Crippen molar-refractivity contribution >= 4 is 50.8 Å². The molecule has 0 aliphatic rings. The van der Waals surface area contributed by atoms with Gasteiger partial charge in [-0.15, -0.1) is 0 Å². The van der Waals surface area contributed by atoms with Crippen molar-refractivity contribution in [1.82, 2.24) is 4.98 Å². The largest absolute Gasteiger partial charge is 0.493 e. The van der Waals surface area contributed by atoms with Crippen LogP contribution in [0.25, 0.3) is 21.8 Å². The summed E-state index contributed by atoms with van der Waals surface area (Å²) in [7, 11) is 1.91. The van der Waals surface area contributed by atoms with Crippen LogP contribution in [0.4, 0.5) is 17.1 Å². The van der Waals surface area contributed by atoms with E-state index >= 15 is 0 Å². The molecule has 0 spiro atoms. The van der Waals surface area contributed by atoms with Crippen molar-refractivity contribution in [1.29, 1.82) is 0 Å². The Balaban J connectivity index is 1.69.